The number of carboxylic acid groups (broad SMARTS) is 1. The number of nitrogens with two attached hydrogens (primary N) is 1. The zero-order valence-electron chi connectivity index (χ0n) is 12.3. The molecule has 122 valence electrons. The first-order chi connectivity index (χ1) is 10.8. The minimum Gasteiger partial charge on any atom is -0.492 e. The SMILES string of the molecule is CCc1cc(F)c(-c2nc(C(=O)O)c(OC)c(N)c2F)cc1F. The van der Waals surface area contributed by atoms with Crippen LogP contribution in [0.3, 0.4) is 0 Å². The molecule has 0 radical (unpaired) electrons. The molecule has 0 atom stereocenters. The number of benzene rings is 1. The van der Waals surface area contributed by atoms with Crippen molar-refractivity contribution < 1.29 is 27.8 Å². The zero-order chi connectivity index (χ0) is 17.3. The van der Waals surface area contributed by atoms with Gasteiger partial charge in [0.05, 0.1) is 7.11 Å². The second kappa shape index (κ2) is 6.15. The van der Waals surface area contributed by atoms with Crippen LogP contribution in [0, 0.1) is 17.5 Å². The Bertz CT molecular complexity index is 794. The number of methoxy groups -OCH3 is 1. The fraction of sp³-hybridized carbons (Fsp3) is 0.200. The summed E-state index contributed by atoms with van der Waals surface area (Å²) in [5.74, 6) is -4.90. The number of ether oxygens (including phenoxy) is 1. The van der Waals surface area contributed by atoms with Crippen LogP contribution in [-0.4, -0.2) is 23.2 Å². The molecular weight excluding hydrogens is 313 g/mol. The van der Waals surface area contributed by atoms with Gasteiger partial charge in [-0.15, -0.1) is 0 Å². The monoisotopic (exact) mass is 326 g/mol. The number of anilines is 1. The van der Waals surface area contributed by atoms with E-state index in [1.54, 1.807) is 6.92 Å². The molecule has 1 aromatic carbocycles. The molecule has 0 saturated carbocycles. The Labute approximate surface area is 129 Å². The molecule has 5 nitrogen and oxygen atoms in total. The fourth-order valence-corrected chi connectivity index (χ4v) is 2.14. The van der Waals surface area contributed by atoms with E-state index in [-0.39, 0.29) is 12.0 Å². The first-order valence-corrected chi connectivity index (χ1v) is 6.56. The van der Waals surface area contributed by atoms with Crippen LogP contribution in [0.15, 0.2) is 12.1 Å². The van der Waals surface area contributed by atoms with Crippen LogP contribution in [0.5, 0.6) is 5.75 Å². The van der Waals surface area contributed by atoms with Crippen LogP contribution in [0.1, 0.15) is 23.0 Å². The minimum atomic E-state index is -1.54. The molecular formula is C15H13F3N2O3. The van der Waals surface area contributed by atoms with Gasteiger partial charge in [-0.2, -0.15) is 0 Å². The lowest BCUT2D eigenvalue weighted by molar-refractivity contribution is 0.0686. The van der Waals surface area contributed by atoms with Crippen molar-refractivity contribution in [2.45, 2.75) is 13.3 Å². The molecule has 3 N–H and O–H groups in total. The highest BCUT2D eigenvalue weighted by Crippen LogP contribution is 2.35. The molecule has 2 aromatic rings. The van der Waals surface area contributed by atoms with Gasteiger partial charge in [0, 0.05) is 5.56 Å². The quantitative estimate of drug-likeness (QED) is 0.902. The number of rotatable bonds is 4. The van der Waals surface area contributed by atoms with Crippen molar-refractivity contribution in [1.82, 2.24) is 4.98 Å². The van der Waals surface area contributed by atoms with Gasteiger partial charge in [-0.3, -0.25) is 0 Å². The van der Waals surface area contributed by atoms with Crippen molar-refractivity contribution in [3.05, 3.63) is 40.8 Å². The summed E-state index contributed by atoms with van der Waals surface area (Å²) in [6.07, 6.45) is 0.240. The number of aromatic carboxylic acids is 1. The van der Waals surface area contributed by atoms with Crippen LogP contribution in [-0.2, 0) is 6.42 Å². The van der Waals surface area contributed by atoms with Gasteiger partial charge in [0.15, 0.2) is 17.3 Å². The molecule has 0 spiro atoms. The van der Waals surface area contributed by atoms with Gasteiger partial charge in [0.2, 0.25) is 0 Å². The summed E-state index contributed by atoms with van der Waals surface area (Å²) in [7, 11) is 1.09. The highest BCUT2D eigenvalue weighted by atomic mass is 19.1. The molecule has 0 bridgehead atoms. The number of aryl methyl sites for hydroxylation is 1. The number of hydrogen-bond acceptors (Lipinski definition) is 4. The van der Waals surface area contributed by atoms with Crippen LogP contribution < -0.4 is 10.5 Å². The molecule has 8 heteroatoms. The van der Waals surface area contributed by atoms with E-state index in [1.807, 2.05) is 0 Å². The largest absolute Gasteiger partial charge is 0.492 e. The minimum absolute atomic E-state index is 0.103. The average Bonchev–Trinajstić information content (AvgIpc) is 2.51. The lowest BCUT2D eigenvalue weighted by Gasteiger charge is -2.13. The van der Waals surface area contributed by atoms with Gasteiger partial charge in [0.1, 0.15) is 23.0 Å². The summed E-state index contributed by atoms with van der Waals surface area (Å²) < 4.78 is 47.0. The van der Waals surface area contributed by atoms with Crippen molar-refractivity contribution in [2.24, 2.45) is 0 Å². The third-order valence-corrected chi connectivity index (χ3v) is 3.31. The summed E-state index contributed by atoms with van der Waals surface area (Å²) in [5, 5.41) is 9.10. The van der Waals surface area contributed by atoms with Crippen LogP contribution in [0.2, 0.25) is 0 Å². The third-order valence-electron chi connectivity index (χ3n) is 3.31. The topological polar surface area (TPSA) is 85.4 Å². The number of nitrogens with zero attached hydrogens (tertiary/aromatic N) is 1. The molecule has 1 aromatic heterocycles. The van der Waals surface area contributed by atoms with Crippen molar-refractivity contribution >= 4 is 11.7 Å². The number of carboxylic acids is 1. The molecule has 0 amide bonds. The van der Waals surface area contributed by atoms with Gasteiger partial charge in [-0.05, 0) is 24.1 Å². The lowest BCUT2D eigenvalue weighted by Crippen LogP contribution is -2.11. The molecule has 0 aliphatic carbocycles. The van der Waals surface area contributed by atoms with E-state index >= 15 is 0 Å². The van der Waals surface area contributed by atoms with Crippen molar-refractivity contribution in [3.8, 4) is 17.0 Å². The molecule has 0 aliphatic rings. The number of aromatic nitrogens is 1. The highest BCUT2D eigenvalue weighted by Gasteiger charge is 2.25. The van der Waals surface area contributed by atoms with Gasteiger partial charge >= 0.3 is 5.97 Å². The Balaban J connectivity index is 2.79. The second-order valence-electron chi connectivity index (χ2n) is 4.65. The predicted octanol–water partition coefficient (Wildman–Crippen LogP) is 3.02. The summed E-state index contributed by atoms with van der Waals surface area (Å²) in [6.45, 7) is 1.63. The van der Waals surface area contributed by atoms with E-state index in [9.17, 15) is 18.0 Å². The number of nitrogen functional groups attached to an aromatic ring is 1. The maximum absolute atomic E-state index is 14.3. The molecule has 0 fully saturated rings. The van der Waals surface area contributed by atoms with Crippen molar-refractivity contribution in [3.63, 3.8) is 0 Å². The first kappa shape index (κ1) is 16.6. The number of carbonyl (C=O) groups is 1. The van der Waals surface area contributed by atoms with E-state index in [2.05, 4.69) is 4.98 Å². The van der Waals surface area contributed by atoms with Gasteiger partial charge in [-0.25, -0.2) is 22.9 Å². The summed E-state index contributed by atoms with van der Waals surface area (Å²) in [6, 6.07) is 1.67. The van der Waals surface area contributed by atoms with Crippen LogP contribution >= 0.6 is 0 Å². The molecule has 0 aliphatic heterocycles. The maximum Gasteiger partial charge on any atom is 0.358 e. The maximum atomic E-state index is 14.3. The third kappa shape index (κ3) is 2.79. The van der Waals surface area contributed by atoms with Gasteiger partial charge in [0.25, 0.3) is 0 Å². The Morgan fingerprint density at radius 2 is 1.96 bits per heavy atom. The van der Waals surface area contributed by atoms with Crippen LogP contribution in [0.25, 0.3) is 11.3 Å². The fourth-order valence-electron chi connectivity index (χ4n) is 2.14. The van der Waals surface area contributed by atoms with E-state index < -0.39 is 51.8 Å². The normalized spacial score (nSPS) is 10.7. The summed E-state index contributed by atoms with van der Waals surface area (Å²) in [4.78, 5) is 14.7. The lowest BCUT2D eigenvalue weighted by atomic mass is 10.0. The number of pyridine rings is 1. The molecule has 1 heterocycles. The van der Waals surface area contributed by atoms with Gasteiger partial charge < -0.3 is 15.6 Å². The zero-order valence-corrected chi connectivity index (χ0v) is 12.3. The standard InChI is InChI=1S/C15H13F3N2O3/c1-3-6-4-9(17)7(5-8(6)16)12-10(18)11(19)14(23-2)13(20-12)15(21)22/h4-5H,3H2,1-2H3,(H2,19,20)(H,21,22). The molecule has 23 heavy (non-hydrogen) atoms. The van der Waals surface area contributed by atoms with Crippen molar-refractivity contribution in [1.29, 1.82) is 0 Å². The van der Waals surface area contributed by atoms with E-state index in [0.717, 1.165) is 19.2 Å². The van der Waals surface area contributed by atoms with Crippen molar-refractivity contribution in [2.75, 3.05) is 12.8 Å². The summed E-state index contributed by atoms with van der Waals surface area (Å²) >= 11 is 0. The Morgan fingerprint density at radius 3 is 2.48 bits per heavy atom. The van der Waals surface area contributed by atoms with Crippen LogP contribution in [0.4, 0.5) is 18.9 Å². The molecule has 2 rings (SSSR count). The Hall–Kier alpha value is -2.77. The Kier molecular flexibility index (Phi) is 4.44. The van der Waals surface area contributed by atoms with E-state index in [0.29, 0.717) is 0 Å². The highest BCUT2D eigenvalue weighted by molar-refractivity contribution is 5.92. The first-order valence-electron chi connectivity index (χ1n) is 6.56. The average molecular weight is 326 g/mol. The smallest absolute Gasteiger partial charge is 0.358 e. The number of halogens is 3. The summed E-state index contributed by atoms with van der Waals surface area (Å²) in [5.41, 5.74) is 3.05. The van der Waals surface area contributed by atoms with E-state index in [4.69, 9.17) is 15.6 Å². The predicted molar refractivity (Wildman–Crippen MR) is 76.8 cm³/mol. The Morgan fingerprint density at radius 1 is 1.30 bits per heavy atom. The van der Waals surface area contributed by atoms with Gasteiger partial charge in [-0.1, -0.05) is 6.92 Å². The molecule has 0 saturated heterocycles. The molecule has 0 unspecified atom stereocenters. The number of hydrogen-bond donors (Lipinski definition) is 2. The van der Waals surface area contributed by atoms with E-state index in [1.165, 1.54) is 0 Å². The second-order valence-corrected chi connectivity index (χ2v) is 4.65.